The molecule has 2 N–H and O–H groups in total. The Labute approximate surface area is 113 Å². The molecule has 0 bridgehead atoms. The number of nitrogens with one attached hydrogen (secondary N) is 1. The van der Waals surface area contributed by atoms with Gasteiger partial charge in [0.2, 0.25) is 0 Å². The molecule has 4 heteroatoms. The summed E-state index contributed by atoms with van der Waals surface area (Å²) >= 11 is 5.71. The molecule has 0 aliphatic carbocycles. The Morgan fingerprint density at radius 3 is 2.78 bits per heavy atom. The van der Waals surface area contributed by atoms with Crippen molar-refractivity contribution in [3.63, 3.8) is 0 Å². The van der Waals surface area contributed by atoms with Gasteiger partial charge < -0.3 is 10.4 Å². The first-order chi connectivity index (χ1) is 8.58. The van der Waals surface area contributed by atoms with E-state index in [-0.39, 0.29) is 11.7 Å². The normalized spacial score (nSPS) is 12.2. The number of hydrogen-bond donors (Lipinski definition) is 2. The van der Waals surface area contributed by atoms with Crippen molar-refractivity contribution in [2.75, 3.05) is 12.4 Å². The zero-order valence-electron chi connectivity index (χ0n) is 10.9. The lowest BCUT2D eigenvalue weighted by molar-refractivity contribution is 0.0946. The summed E-state index contributed by atoms with van der Waals surface area (Å²) in [6.07, 6.45) is 1.91. The Morgan fingerprint density at radius 2 is 2.22 bits per heavy atom. The highest BCUT2D eigenvalue weighted by Crippen LogP contribution is 2.16. The van der Waals surface area contributed by atoms with Crippen molar-refractivity contribution >= 4 is 17.5 Å². The molecule has 0 aromatic heterocycles. The van der Waals surface area contributed by atoms with Crippen LogP contribution in [-0.2, 0) is 0 Å². The second-order valence-electron chi connectivity index (χ2n) is 4.46. The van der Waals surface area contributed by atoms with E-state index in [2.05, 4.69) is 12.2 Å². The topological polar surface area (TPSA) is 49.3 Å². The predicted octanol–water partition coefficient (Wildman–Crippen LogP) is 3.09. The van der Waals surface area contributed by atoms with Crippen LogP contribution in [0.3, 0.4) is 0 Å². The number of hydrogen-bond acceptors (Lipinski definition) is 2. The van der Waals surface area contributed by atoms with Crippen LogP contribution in [0.2, 0.25) is 0 Å². The average Bonchev–Trinajstić information content (AvgIpc) is 2.34. The summed E-state index contributed by atoms with van der Waals surface area (Å²) in [6, 6.07) is 4.76. The molecule has 0 radical (unpaired) electrons. The third kappa shape index (κ3) is 4.22. The second-order valence-corrected chi connectivity index (χ2v) is 4.84. The van der Waals surface area contributed by atoms with Gasteiger partial charge in [0.25, 0.3) is 5.91 Å². The zero-order chi connectivity index (χ0) is 13.5. The molecule has 1 amide bonds. The molecule has 1 rings (SSSR count). The first kappa shape index (κ1) is 14.8. The summed E-state index contributed by atoms with van der Waals surface area (Å²) in [7, 11) is 0. The fourth-order valence-corrected chi connectivity index (χ4v) is 2.15. The lowest BCUT2D eigenvalue weighted by atomic mass is 10.0. The van der Waals surface area contributed by atoms with Crippen LogP contribution in [-0.4, -0.2) is 23.4 Å². The number of benzene rings is 1. The Bertz CT molecular complexity index is 407. The lowest BCUT2D eigenvalue weighted by Crippen LogP contribution is -2.29. The zero-order valence-corrected chi connectivity index (χ0v) is 11.6. The van der Waals surface area contributed by atoms with E-state index in [1.807, 2.05) is 6.92 Å². The molecule has 0 aliphatic heterocycles. The van der Waals surface area contributed by atoms with Crippen LogP contribution in [0, 0.1) is 12.8 Å². The monoisotopic (exact) mass is 269 g/mol. The van der Waals surface area contributed by atoms with Crippen LogP contribution in [0.1, 0.15) is 35.7 Å². The highest BCUT2D eigenvalue weighted by molar-refractivity contribution is 6.17. The smallest absolute Gasteiger partial charge is 0.251 e. The van der Waals surface area contributed by atoms with Gasteiger partial charge in [-0.25, -0.2) is 0 Å². The molecule has 0 heterocycles. The van der Waals surface area contributed by atoms with Crippen molar-refractivity contribution in [1.29, 1.82) is 0 Å². The van der Waals surface area contributed by atoms with Crippen LogP contribution >= 0.6 is 11.6 Å². The molecule has 0 aliphatic rings. The molecule has 1 atom stereocenters. The maximum Gasteiger partial charge on any atom is 0.251 e. The first-order valence-corrected chi connectivity index (χ1v) is 6.75. The van der Waals surface area contributed by atoms with Gasteiger partial charge in [0.15, 0.2) is 0 Å². The summed E-state index contributed by atoms with van der Waals surface area (Å²) in [5.41, 5.74) is 1.38. The van der Waals surface area contributed by atoms with Crippen LogP contribution in [0.15, 0.2) is 18.2 Å². The fraction of sp³-hybridized carbons (Fsp3) is 0.500. The minimum absolute atomic E-state index is 0.0967. The first-order valence-electron chi connectivity index (χ1n) is 6.22. The highest BCUT2D eigenvalue weighted by Gasteiger charge is 2.11. The van der Waals surface area contributed by atoms with Gasteiger partial charge in [0.05, 0.1) is 0 Å². The molecular formula is C14H20ClNO2. The number of alkyl halides is 1. The van der Waals surface area contributed by atoms with Gasteiger partial charge in [-0.3, -0.25) is 4.79 Å². The average molecular weight is 270 g/mol. The predicted molar refractivity (Wildman–Crippen MR) is 74.3 cm³/mol. The number of phenols is 1. The Morgan fingerprint density at radius 1 is 1.50 bits per heavy atom. The third-order valence-electron chi connectivity index (χ3n) is 3.10. The lowest BCUT2D eigenvalue weighted by Gasteiger charge is -2.15. The number of amides is 1. The Balaban J connectivity index is 2.59. The Kier molecular flexibility index (Phi) is 5.99. The number of aromatic hydroxyl groups is 1. The quantitative estimate of drug-likeness (QED) is 0.780. The second kappa shape index (κ2) is 7.27. The molecule has 18 heavy (non-hydrogen) atoms. The fourth-order valence-electron chi connectivity index (χ4n) is 1.84. The van der Waals surface area contributed by atoms with E-state index in [0.717, 1.165) is 18.4 Å². The highest BCUT2D eigenvalue weighted by atomic mass is 35.5. The standard InChI is InChI=1S/C14H20ClNO2/c1-3-11(6-7-15)9-16-14(18)13-5-4-12(17)8-10(13)2/h4-5,8,11,17H,3,6-7,9H2,1-2H3,(H,16,18). The van der Waals surface area contributed by atoms with E-state index in [0.29, 0.717) is 23.9 Å². The van der Waals surface area contributed by atoms with E-state index in [9.17, 15) is 9.90 Å². The van der Waals surface area contributed by atoms with Gasteiger partial charge in [-0.15, -0.1) is 11.6 Å². The van der Waals surface area contributed by atoms with E-state index >= 15 is 0 Å². The van der Waals surface area contributed by atoms with Gasteiger partial charge in [-0.05, 0) is 43.0 Å². The Hall–Kier alpha value is -1.22. The molecule has 1 aromatic rings. The molecule has 0 saturated carbocycles. The summed E-state index contributed by atoms with van der Waals surface area (Å²) in [5, 5.41) is 12.2. The van der Waals surface area contributed by atoms with Crippen molar-refractivity contribution in [3.05, 3.63) is 29.3 Å². The van der Waals surface area contributed by atoms with Crippen molar-refractivity contribution < 1.29 is 9.90 Å². The third-order valence-corrected chi connectivity index (χ3v) is 3.32. The minimum atomic E-state index is -0.0967. The maximum atomic E-state index is 12.0. The molecule has 0 spiro atoms. The van der Waals surface area contributed by atoms with E-state index in [1.54, 1.807) is 12.1 Å². The van der Waals surface area contributed by atoms with Gasteiger partial charge in [0.1, 0.15) is 5.75 Å². The molecule has 1 aromatic carbocycles. The summed E-state index contributed by atoms with van der Waals surface area (Å²) in [4.78, 5) is 12.0. The van der Waals surface area contributed by atoms with Crippen molar-refractivity contribution in [3.8, 4) is 5.75 Å². The van der Waals surface area contributed by atoms with Crippen molar-refractivity contribution in [2.24, 2.45) is 5.92 Å². The number of carbonyl (C=O) groups is 1. The van der Waals surface area contributed by atoms with Crippen LogP contribution in [0.25, 0.3) is 0 Å². The van der Waals surface area contributed by atoms with Gasteiger partial charge >= 0.3 is 0 Å². The number of phenolic OH excluding ortho intramolecular Hbond substituents is 1. The number of aryl methyl sites for hydroxylation is 1. The summed E-state index contributed by atoms with van der Waals surface area (Å²) < 4.78 is 0. The number of halogens is 1. The number of carbonyl (C=O) groups excluding carboxylic acids is 1. The van der Waals surface area contributed by atoms with Crippen LogP contribution < -0.4 is 5.32 Å². The van der Waals surface area contributed by atoms with Gasteiger partial charge in [0, 0.05) is 18.0 Å². The van der Waals surface area contributed by atoms with Crippen LogP contribution in [0.5, 0.6) is 5.75 Å². The van der Waals surface area contributed by atoms with E-state index in [4.69, 9.17) is 11.6 Å². The number of rotatable bonds is 6. The van der Waals surface area contributed by atoms with Crippen molar-refractivity contribution in [1.82, 2.24) is 5.32 Å². The molecule has 100 valence electrons. The van der Waals surface area contributed by atoms with E-state index < -0.39 is 0 Å². The molecule has 3 nitrogen and oxygen atoms in total. The van der Waals surface area contributed by atoms with Gasteiger partial charge in [-0.2, -0.15) is 0 Å². The molecule has 0 saturated heterocycles. The molecule has 1 unspecified atom stereocenters. The molecular weight excluding hydrogens is 250 g/mol. The maximum absolute atomic E-state index is 12.0. The summed E-state index contributed by atoms with van der Waals surface area (Å²) in [5.74, 6) is 1.12. The summed E-state index contributed by atoms with van der Waals surface area (Å²) in [6.45, 7) is 4.54. The van der Waals surface area contributed by atoms with Crippen molar-refractivity contribution in [2.45, 2.75) is 26.7 Å². The molecule has 0 fully saturated rings. The van der Waals surface area contributed by atoms with Gasteiger partial charge in [-0.1, -0.05) is 13.3 Å². The SMILES string of the molecule is CCC(CCCl)CNC(=O)c1ccc(O)cc1C. The minimum Gasteiger partial charge on any atom is -0.508 e. The van der Waals surface area contributed by atoms with Crippen LogP contribution in [0.4, 0.5) is 0 Å². The van der Waals surface area contributed by atoms with E-state index in [1.165, 1.54) is 6.07 Å². The largest absolute Gasteiger partial charge is 0.508 e.